The summed E-state index contributed by atoms with van der Waals surface area (Å²) in [5.41, 5.74) is 4.07. The van der Waals surface area contributed by atoms with Gasteiger partial charge in [0.1, 0.15) is 5.71 Å². The second-order valence-electron chi connectivity index (χ2n) is 5.68. The first-order valence-corrected chi connectivity index (χ1v) is 7.94. The fourth-order valence-electron chi connectivity index (χ4n) is 2.56. The third-order valence-electron chi connectivity index (χ3n) is 3.89. The number of nitrogens with one attached hydrogen (secondary N) is 1. The van der Waals surface area contributed by atoms with Gasteiger partial charge < -0.3 is 10.5 Å². The molecule has 0 aliphatic rings. The smallest absolute Gasteiger partial charge is 0.255 e. The van der Waals surface area contributed by atoms with Crippen LogP contribution in [-0.2, 0) is 0 Å². The van der Waals surface area contributed by atoms with Crippen LogP contribution in [0.5, 0.6) is 0 Å². The zero-order valence-electron chi connectivity index (χ0n) is 13.8. The Kier molecular flexibility index (Phi) is 4.90. The summed E-state index contributed by atoms with van der Waals surface area (Å²) in [5, 5.41) is 15.9. The van der Waals surface area contributed by atoms with Crippen LogP contribution in [0.4, 0.5) is 5.69 Å². The Morgan fingerprint density at radius 2 is 1.48 bits per heavy atom. The van der Waals surface area contributed by atoms with Crippen LogP contribution in [0.1, 0.15) is 27.0 Å². The minimum absolute atomic E-state index is 0.210. The van der Waals surface area contributed by atoms with Crippen molar-refractivity contribution in [1.29, 1.82) is 0 Å². The summed E-state index contributed by atoms with van der Waals surface area (Å²) in [6.07, 6.45) is 0. The molecule has 0 radical (unpaired) electrons. The molecule has 0 aliphatic carbocycles. The van der Waals surface area contributed by atoms with Crippen LogP contribution in [0, 0.1) is 6.92 Å². The molecular weight excluding hydrogens is 312 g/mol. The predicted octanol–water partition coefficient (Wildman–Crippen LogP) is 4.47. The van der Waals surface area contributed by atoms with Crippen molar-refractivity contribution >= 4 is 17.3 Å². The van der Waals surface area contributed by atoms with Gasteiger partial charge in [-0.2, -0.15) is 0 Å². The van der Waals surface area contributed by atoms with Crippen molar-refractivity contribution in [2.24, 2.45) is 5.16 Å². The lowest BCUT2D eigenvalue weighted by Gasteiger charge is -2.12. The van der Waals surface area contributed by atoms with Gasteiger partial charge in [0.2, 0.25) is 0 Å². The first kappa shape index (κ1) is 16.5. The molecule has 3 aromatic carbocycles. The molecule has 4 heteroatoms. The van der Waals surface area contributed by atoms with Crippen molar-refractivity contribution in [3.05, 3.63) is 101 Å². The molecule has 2 N–H and O–H groups in total. The number of benzene rings is 3. The molecule has 0 unspecified atom stereocenters. The molecular formula is C21H18N2O2. The molecule has 0 heterocycles. The van der Waals surface area contributed by atoms with Crippen LogP contribution < -0.4 is 5.32 Å². The molecule has 0 saturated heterocycles. The molecule has 3 aromatic rings. The highest BCUT2D eigenvalue weighted by Gasteiger charge is 2.14. The number of nitrogens with zero attached hydrogens (tertiary/aromatic N) is 1. The number of carbonyl (C=O) groups excluding carboxylic acids is 1. The number of carbonyl (C=O) groups is 1. The van der Waals surface area contributed by atoms with Gasteiger partial charge in [-0.25, -0.2) is 0 Å². The van der Waals surface area contributed by atoms with E-state index in [0.29, 0.717) is 22.5 Å². The zero-order chi connectivity index (χ0) is 17.6. The van der Waals surface area contributed by atoms with E-state index in [2.05, 4.69) is 10.5 Å². The van der Waals surface area contributed by atoms with E-state index >= 15 is 0 Å². The lowest BCUT2D eigenvalue weighted by molar-refractivity contribution is 0.102. The van der Waals surface area contributed by atoms with Crippen molar-refractivity contribution in [1.82, 2.24) is 0 Å². The normalized spacial score (nSPS) is 11.2. The Bertz CT molecular complexity index is 901. The average molecular weight is 330 g/mol. The Hall–Kier alpha value is -3.40. The summed E-state index contributed by atoms with van der Waals surface area (Å²) in [5.74, 6) is -0.210. The highest BCUT2D eigenvalue weighted by atomic mass is 16.4. The Morgan fingerprint density at radius 3 is 2.16 bits per heavy atom. The molecule has 0 spiro atoms. The largest absolute Gasteiger partial charge is 0.410 e. The maximum absolute atomic E-state index is 12.5. The van der Waals surface area contributed by atoms with Gasteiger partial charge in [-0.05, 0) is 25.1 Å². The fourth-order valence-corrected chi connectivity index (χ4v) is 2.56. The van der Waals surface area contributed by atoms with Crippen LogP contribution in [0.15, 0.2) is 84.0 Å². The Morgan fingerprint density at radius 1 is 0.840 bits per heavy atom. The van der Waals surface area contributed by atoms with Crippen LogP contribution in [0.25, 0.3) is 0 Å². The third-order valence-corrected chi connectivity index (χ3v) is 3.89. The standard InChI is InChI=1S/C21H18N2O2/c1-15-11-13-17(14-12-15)21(24)22-19-10-6-5-9-18(19)20(23-25)16-7-3-2-4-8-16/h2-14,25H,1H3,(H,22,24). The topological polar surface area (TPSA) is 61.7 Å². The number of hydrogen-bond acceptors (Lipinski definition) is 3. The molecule has 0 aliphatic heterocycles. The van der Waals surface area contributed by atoms with Crippen LogP contribution in [0.2, 0.25) is 0 Å². The number of hydrogen-bond donors (Lipinski definition) is 2. The van der Waals surface area contributed by atoms with Gasteiger partial charge in [-0.3, -0.25) is 4.79 Å². The number of amides is 1. The monoisotopic (exact) mass is 330 g/mol. The van der Waals surface area contributed by atoms with Crippen LogP contribution in [-0.4, -0.2) is 16.8 Å². The van der Waals surface area contributed by atoms with Crippen LogP contribution in [0.3, 0.4) is 0 Å². The lowest BCUT2D eigenvalue weighted by Crippen LogP contribution is -2.15. The lowest BCUT2D eigenvalue weighted by atomic mass is 10.0. The fraction of sp³-hybridized carbons (Fsp3) is 0.0476. The first-order chi connectivity index (χ1) is 12.2. The van der Waals surface area contributed by atoms with Gasteiger partial charge in [-0.1, -0.05) is 71.4 Å². The van der Waals surface area contributed by atoms with Crippen molar-refractivity contribution in [2.75, 3.05) is 5.32 Å². The summed E-state index contributed by atoms with van der Waals surface area (Å²) >= 11 is 0. The summed E-state index contributed by atoms with van der Waals surface area (Å²) in [6.45, 7) is 1.97. The van der Waals surface area contributed by atoms with Crippen LogP contribution >= 0.6 is 0 Å². The van der Waals surface area contributed by atoms with E-state index in [1.165, 1.54) is 0 Å². The second kappa shape index (κ2) is 7.45. The first-order valence-electron chi connectivity index (χ1n) is 7.94. The van der Waals surface area contributed by atoms with E-state index in [1.807, 2.05) is 67.6 Å². The zero-order valence-corrected chi connectivity index (χ0v) is 13.8. The average Bonchev–Trinajstić information content (AvgIpc) is 2.65. The summed E-state index contributed by atoms with van der Waals surface area (Å²) < 4.78 is 0. The number of rotatable bonds is 4. The van der Waals surface area contributed by atoms with E-state index in [0.717, 1.165) is 11.1 Å². The Balaban J connectivity index is 1.93. The number of oxime groups is 1. The third kappa shape index (κ3) is 3.75. The van der Waals surface area contributed by atoms with Gasteiger partial charge in [0.15, 0.2) is 0 Å². The molecule has 0 aromatic heterocycles. The highest BCUT2D eigenvalue weighted by molar-refractivity contribution is 6.17. The number of para-hydroxylation sites is 1. The highest BCUT2D eigenvalue weighted by Crippen LogP contribution is 2.21. The van der Waals surface area contributed by atoms with Gasteiger partial charge >= 0.3 is 0 Å². The maximum Gasteiger partial charge on any atom is 0.255 e. The maximum atomic E-state index is 12.5. The molecule has 124 valence electrons. The van der Waals surface area contributed by atoms with Crippen molar-refractivity contribution in [3.63, 3.8) is 0 Å². The summed E-state index contributed by atoms with van der Waals surface area (Å²) in [7, 11) is 0. The van der Waals surface area contributed by atoms with Gasteiger partial charge in [0.05, 0.1) is 5.69 Å². The second-order valence-corrected chi connectivity index (χ2v) is 5.68. The van der Waals surface area contributed by atoms with E-state index in [1.54, 1.807) is 18.2 Å². The molecule has 4 nitrogen and oxygen atoms in total. The summed E-state index contributed by atoms with van der Waals surface area (Å²) in [6, 6.07) is 24.0. The number of anilines is 1. The van der Waals surface area contributed by atoms with Gasteiger partial charge in [-0.15, -0.1) is 0 Å². The molecule has 0 saturated carbocycles. The Labute approximate surface area is 146 Å². The molecule has 0 bridgehead atoms. The minimum atomic E-state index is -0.210. The van der Waals surface area contributed by atoms with E-state index in [4.69, 9.17) is 0 Å². The molecule has 25 heavy (non-hydrogen) atoms. The molecule has 0 atom stereocenters. The van der Waals surface area contributed by atoms with Crippen molar-refractivity contribution < 1.29 is 10.0 Å². The van der Waals surface area contributed by atoms with Gasteiger partial charge in [0, 0.05) is 16.7 Å². The number of aryl methyl sites for hydroxylation is 1. The summed E-state index contributed by atoms with van der Waals surface area (Å²) in [4.78, 5) is 12.5. The van der Waals surface area contributed by atoms with E-state index in [-0.39, 0.29) is 5.91 Å². The molecule has 3 rings (SSSR count). The molecule has 0 fully saturated rings. The van der Waals surface area contributed by atoms with E-state index in [9.17, 15) is 10.0 Å². The minimum Gasteiger partial charge on any atom is -0.410 e. The van der Waals surface area contributed by atoms with Gasteiger partial charge in [0.25, 0.3) is 5.91 Å². The molecule has 1 amide bonds. The quantitative estimate of drug-likeness (QED) is 0.421. The van der Waals surface area contributed by atoms with Crippen molar-refractivity contribution in [3.8, 4) is 0 Å². The SMILES string of the molecule is Cc1ccc(C(=O)Nc2ccccc2C(=NO)c2ccccc2)cc1. The van der Waals surface area contributed by atoms with Crippen molar-refractivity contribution in [2.45, 2.75) is 6.92 Å². The predicted molar refractivity (Wildman–Crippen MR) is 99.4 cm³/mol. The van der Waals surface area contributed by atoms with E-state index < -0.39 is 0 Å².